The van der Waals surface area contributed by atoms with Crippen LogP contribution >= 0.6 is 0 Å². The highest BCUT2D eigenvalue weighted by atomic mass is 16.6. The van der Waals surface area contributed by atoms with Gasteiger partial charge >= 0.3 is 0 Å². The maximum atomic E-state index is 4.78. The molecule has 0 bridgehead atoms. The van der Waals surface area contributed by atoms with Crippen LogP contribution in [-0.2, 0) is 0 Å². The molecule has 0 aliphatic carbocycles. The standard InChI is InChI=1S/C20H20N6O/c1-11-5-7-13(3)15(9-11)21-17-18(24-20-19(23-17)25-27-26-20)22-16-10-12(2)6-8-14(16)4/h5-10H,1-4H3,(H,21,23,25)(H,22,24,26). The molecule has 0 aliphatic rings. The molecule has 136 valence electrons. The van der Waals surface area contributed by atoms with Crippen LogP contribution in [0.3, 0.4) is 0 Å². The zero-order valence-electron chi connectivity index (χ0n) is 15.7. The summed E-state index contributed by atoms with van der Waals surface area (Å²) < 4.78 is 4.78. The van der Waals surface area contributed by atoms with Gasteiger partial charge in [-0.3, -0.25) is 0 Å². The molecule has 4 aromatic rings. The van der Waals surface area contributed by atoms with Gasteiger partial charge in [-0.15, -0.1) is 0 Å². The third-order valence-corrected chi connectivity index (χ3v) is 4.41. The van der Waals surface area contributed by atoms with Gasteiger partial charge in [-0.25, -0.2) is 14.6 Å². The minimum atomic E-state index is 0.356. The number of aromatic nitrogens is 4. The lowest BCUT2D eigenvalue weighted by molar-refractivity contribution is 0.314. The smallest absolute Gasteiger partial charge is 0.245 e. The minimum Gasteiger partial charge on any atom is -0.337 e. The summed E-state index contributed by atoms with van der Waals surface area (Å²) in [6.07, 6.45) is 0. The Morgan fingerprint density at radius 2 is 1.11 bits per heavy atom. The molecule has 2 N–H and O–H groups in total. The van der Waals surface area contributed by atoms with Crippen LogP contribution in [0.5, 0.6) is 0 Å². The molecule has 0 atom stereocenters. The molecule has 0 unspecified atom stereocenters. The van der Waals surface area contributed by atoms with Gasteiger partial charge in [-0.2, -0.15) is 0 Å². The largest absolute Gasteiger partial charge is 0.337 e. The lowest BCUT2D eigenvalue weighted by atomic mass is 10.1. The minimum absolute atomic E-state index is 0.356. The molecule has 7 nitrogen and oxygen atoms in total. The summed E-state index contributed by atoms with van der Waals surface area (Å²) in [7, 11) is 0. The first kappa shape index (κ1) is 17.0. The highest BCUT2D eigenvalue weighted by molar-refractivity contribution is 5.80. The molecule has 7 heteroatoms. The summed E-state index contributed by atoms with van der Waals surface area (Å²) in [6.45, 7) is 8.19. The van der Waals surface area contributed by atoms with Crippen molar-refractivity contribution in [2.75, 3.05) is 10.6 Å². The van der Waals surface area contributed by atoms with Gasteiger partial charge in [0, 0.05) is 11.4 Å². The maximum absolute atomic E-state index is 4.78. The van der Waals surface area contributed by atoms with E-state index in [2.05, 4.69) is 81.2 Å². The number of anilines is 4. The van der Waals surface area contributed by atoms with Crippen LogP contribution in [0.2, 0.25) is 0 Å². The van der Waals surface area contributed by atoms with Crippen LogP contribution in [0, 0.1) is 27.7 Å². The fourth-order valence-electron chi connectivity index (χ4n) is 2.81. The van der Waals surface area contributed by atoms with Gasteiger partial charge in [-0.1, -0.05) is 24.3 Å². The number of benzene rings is 2. The molecule has 0 spiro atoms. The quantitative estimate of drug-likeness (QED) is 0.543. The first-order valence-electron chi connectivity index (χ1n) is 8.68. The van der Waals surface area contributed by atoms with Gasteiger partial charge in [0.15, 0.2) is 11.6 Å². The van der Waals surface area contributed by atoms with Crippen molar-refractivity contribution in [3.63, 3.8) is 0 Å². The van der Waals surface area contributed by atoms with Crippen LogP contribution in [0.15, 0.2) is 41.0 Å². The van der Waals surface area contributed by atoms with Crippen molar-refractivity contribution in [1.82, 2.24) is 20.3 Å². The summed E-state index contributed by atoms with van der Waals surface area (Å²) in [4.78, 5) is 9.09. The Morgan fingerprint density at radius 3 is 1.56 bits per heavy atom. The Morgan fingerprint density at radius 1 is 0.667 bits per heavy atom. The number of hydrogen-bond donors (Lipinski definition) is 2. The molecule has 27 heavy (non-hydrogen) atoms. The first-order valence-corrected chi connectivity index (χ1v) is 8.68. The van der Waals surface area contributed by atoms with Crippen LogP contribution < -0.4 is 10.6 Å². The molecule has 0 radical (unpaired) electrons. The second kappa shape index (κ2) is 6.68. The van der Waals surface area contributed by atoms with E-state index < -0.39 is 0 Å². The Kier molecular flexibility index (Phi) is 4.19. The average Bonchev–Trinajstić information content (AvgIpc) is 3.08. The lowest BCUT2D eigenvalue weighted by Crippen LogP contribution is -2.05. The highest BCUT2D eigenvalue weighted by Crippen LogP contribution is 2.29. The van der Waals surface area contributed by atoms with Gasteiger partial charge in [0.25, 0.3) is 0 Å². The van der Waals surface area contributed by atoms with E-state index in [-0.39, 0.29) is 0 Å². The van der Waals surface area contributed by atoms with E-state index in [4.69, 9.17) is 4.63 Å². The van der Waals surface area contributed by atoms with Crippen molar-refractivity contribution < 1.29 is 4.63 Å². The molecule has 2 aromatic heterocycles. The summed E-state index contributed by atoms with van der Waals surface area (Å²) in [5.41, 5.74) is 7.17. The highest BCUT2D eigenvalue weighted by Gasteiger charge is 2.15. The predicted molar refractivity (Wildman–Crippen MR) is 106 cm³/mol. The van der Waals surface area contributed by atoms with Gasteiger partial charge in [0.2, 0.25) is 11.3 Å². The molecule has 2 heterocycles. The van der Waals surface area contributed by atoms with Crippen molar-refractivity contribution in [3.05, 3.63) is 58.7 Å². The van der Waals surface area contributed by atoms with Crippen LogP contribution in [0.1, 0.15) is 22.3 Å². The van der Waals surface area contributed by atoms with Crippen LogP contribution in [0.4, 0.5) is 23.0 Å². The van der Waals surface area contributed by atoms with Crippen molar-refractivity contribution in [1.29, 1.82) is 0 Å². The van der Waals surface area contributed by atoms with Crippen LogP contribution in [0.25, 0.3) is 11.3 Å². The van der Waals surface area contributed by atoms with Gasteiger partial charge < -0.3 is 10.6 Å². The van der Waals surface area contributed by atoms with E-state index >= 15 is 0 Å². The number of aryl methyl sites for hydroxylation is 4. The topological polar surface area (TPSA) is 88.8 Å². The van der Waals surface area contributed by atoms with Crippen molar-refractivity contribution in [2.45, 2.75) is 27.7 Å². The van der Waals surface area contributed by atoms with Crippen molar-refractivity contribution in [2.24, 2.45) is 0 Å². The third kappa shape index (κ3) is 3.44. The molecule has 0 amide bonds. The van der Waals surface area contributed by atoms with E-state index in [1.807, 2.05) is 13.8 Å². The first-order chi connectivity index (χ1) is 13.0. The molecular weight excluding hydrogens is 340 g/mol. The summed E-state index contributed by atoms with van der Waals surface area (Å²) >= 11 is 0. The maximum Gasteiger partial charge on any atom is 0.245 e. The SMILES string of the molecule is Cc1ccc(C)c(Nc2nc3nonc3nc2Nc2cc(C)ccc2C)c1. The predicted octanol–water partition coefficient (Wildman–Crippen LogP) is 4.73. The van der Waals surface area contributed by atoms with Crippen molar-refractivity contribution in [3.8, 4) is 0 Å². The van der Waals surface area contributed by atoms with Crippen LogP contribution in [-0.4, -0.2) is 20.3 Å². The number of rotatable bonds is 4. The van der Waals surface area contributed by atoms with Crippen molar-refractivity contribution >= 4 is 34.3 Å². The average molecular weight is 360 g/mol. The second-order valence-electron chi connectivity index (χ2n) is 6.72. The van der Waals surface area contributed by atoms with E-state index in [1.54, 1.807) is 0 Å². The Labute approximate surface area is 156 Å². The van der Waals surface area contributed by atoms with E-state index in [1.165, 1.54) is 0 Å². The molecule has 2 aromatic carbocycles. The van der Waals surface area contributed by atoms with Gasteiger partial charge in [-0.05, 0) is 72.4 Å². The normalized spacial score (nSPS) is 11.0. The summed E-state index contributed by atoms with van der Waals surface area (Å²) in [5.74, 6) is 1.13. The Hall–Kier alpha value is -3.48. The Balaban J connectivity index is 1.80. The molecular formula is C20H20N6O. The lowest BCUT2D eigenvalue weighted by Gasteiger charge is -2.15. The fraction of sp³-hybridized carbons (Fsp3) is 0.200. The number of hydrogen-bond acceptors (Lipinski definition) is 7. The molecule has 0 fully saturated rings. The molecule has 0 saturated carbocycles. The zero-order valence-corrected chi connectivity index (χ0v) is 15.7. The zero-order chi connectivity index (χ0) is 19.0. The molecule has 0 saturated heterocycles. The second-order valence-corrected chi connectivity index (χ2v) is 6.72. The molecule has 4 rings (SSSR count). The van der Waals surface area contributed by atoms with E-state index in [0.717, 1.165) is 33.6 Å². The third-order valence-electron chi connectivity index (χ3n) is 4.41. The number of fused-ring (bicyclic) bond motifs is 1. The van der Waals surface area contributed by atoms with Gasteiger partial charge in [0.1, 0.15) is 0 Å². The summed E-state index contributed by atoms with van der Waals surface area (Å²) in [5, 5.41) is 14.4. The monoisotopic (exact) mass is 360 g/mol. The fourth-order valence-corrected chi connectivity index (χ4v) is 2.81. The Bertz CT molecular complexity index is 1050. The van der Waals surface area contributed by atoms with E-state index in [9.17, 15) is 0 Å². The van der Waals surface area contributed by atoms with Gasteiger partial charge in [0.05, 0.1) is 0 Å². The summed E-state index contributed by atoms with van der Waals surface area (Å²) in [6, 6.07) is 12.4. The number of nitrogens with zero attached hydrogens (tertiary/aromatic N) is 4. The van der Waals surface area contributed by atoms with E-state index in [0.29, 0.717) is 22.9 Å². The number of nitrogens with one attached hydrogen (secondary N) is 2. The molecule has 0 aliphatic heterocycles.